The Bertz CT molecular complexity index is 1200. The summed E-state index contributed by atoms with van der Waals surface area (Å²) >= 11 is 13.7. The molecule has 0 fully saturated rings. The average molecular weight is 447 g/mol. The summed E-state index contributed by atoms with van der Waals surface area (Å²) in [5.74, 6) is 0.729. The second-order valence-corrected chi connectivity index (χ2v) is 8.47. The van der Waals surface area contributed by atoms with Crippen LogP contribution in [0, 0.1) is 11.3 Å². The maximum absolute atomic E-state index is 9.96. The highest BCUT2D eigenvalue weighted by Crippen LogP contribution is 2.36. The van der Waals surface area contributed by atoms with Crippen molar-refractivity contribution in [3.63, 3.8) is 0 Å². The highest BCUT2D eigenvalue weighted by Gasteiger charge is 2.16. The fourth-order valence-corrected chi connectivity index (χ4v) is 4.30. The van der Waals surface area contributed by atoms with Crippen LogP contribution in [0.25, 0.3) is 22.4 Å². The quantitative estimate of drug-likeness (QED) is 0.292. The van der Waals surface area contributed by atoms with E-state index in [4.69, 9.17) is 28.2 Å². The molecule has 30 heavy (non-hydrogen) atoms. The third kappa shape index (κ3) is 4.68. The molecule has 0 unspecified atom stereocenters. The van der Waals surface area contributed by atoms with Crippen LogP contribution in [0.3, 0.4) is 0 Å². The summed E-state index contributed by atoms with van der Waals surface area (Å²) in [7, 11) is 0. The van der Waals surface area contributed by atoms with Crippen LogP contribution in [0.1, 0.15) is 11.1 Å². The minimum atomic E-state index is 0.566. The Hall–Kier alpha value is -2.77. The molecule has 146 valence electrons. The highest BCUT2D eigenvalue weighted by molar-refractivity contribution is 7.98. The lowest BCUT2D eigenvalue weighted by molar-refractivity contribution is 1.12. The number of aromatic nitrogens is 1. The van der Waals surface area contributed by atoms with Crippen molar-refractivity contribution in [2.45, 2.75) is 10.8 Å². The van der Waals surface area contributed by atoms with Crippen LogP contribution in [0.4, 0.5) is 0 Å². The fraction of sp³-hybridized carbons (Fsp3) is 0.0400. The molecular formula is C25H16Cl2N2S. The van der Waals surface area contributed by atoms with E-state index in [-0.39, 0.29) is 0 Å². The van der Waals surface area contributed by atoms with Crippen molar-refractivity contribution in [2.24, 2.45) is 0 Å². The van der Waals surface area contributed by atoms with E-state index in [9.17, 15) is 5.26 Å². The molecule has 0 spiro atoms. The Kier molecular flexibility index (Phi) is 6.40. The normalized spacial score (nSPS) is 10.6. The third-order valence-electron chi connectivity index (χ3n) is 4.61. The van der Waals surface area contributed by atoms with Crippen molar-refractivity contribution >= 4 is 35.0 Å². The first-order chi connectivity index (χ1) is 14.6. The van der Waals surface area contributed by atoms with Gasteiger partial charge in [-0.15, -0.1) is 11.8 Å². The number of hydrogen-bond acceptors (Lipinski definition) is 3. The lowest BCUT2D eigenvalue weighted by Crippen LogP contribution is -1.96. The molecule has 1 aromatic heterocycles. The third-order valence-corrected chi connectivity index (χ3v) is 6.16. The van der Waals surface area contributed by atoms with Gasteiger partial charge in [0.2, 0.25) is 0 Å². The molecule has 1 heterocycles. The molecule has 0 atom stereocenters. The first kappa shape index (κ1) is 20.5. The number of pyridine rings is 1. The van der Waals surface area contributed by atoms with Crippen LogP contribution in [-0.2, 0) is 5.75 Å². The lowest BCUT2D eigenvalue weighted by Gasteiger charge is -2.13. The van der Waals surface area contributed by atoms with E-state index in [1.807, 2.05) is 72.8 Å². The van der Waals surface area contributed by atoms with Gasteiger partial charge in [0.1, 0.15) is 11.1 Å². The lowest BCUT2D eigenvalue weighted by atomic mass is 9.99. The summed E-state index contributed by atoms with van der Waals surface area (Å²) in [5, 5.41) is 12.0. The largest absolute Gasteiger partial charge is 0.240 e. The molecule has 0 amide bonds. The molecule has 0 N–H and O–H groups in total. The van der Waals surface area contributed by atoms with Crippen LogP contribution in [0.5, 0.6) is 0 Å². The highest BCUT2D eigenvalue weighted by atomic mass is 35.5. The average Bonchev–Trinajstić information content (AvgIpc) is 2.79. The summed E-state index contributed by atoms with van der Waals surface area (Å²) in [6, 6.07) is 29.6. The molecule has 4 aromatic rings. The topological polar surface area (TPSA) is 36.7 Å². The monoisotopic (exact) mass is 446 g/mol. The summed E-state index contributed by atoms with van der Waals surface area (Å²) in [6.45, 7) is 0. The maximum Gasteiger partial charge on any atom is 0.115 e. The standard InChI is InChI=1S/C25H16Cl2N2S/c26-20-10-6-18(7-11-20)22-14-24(19-8-12-21(27)13-9-19)29-25(23(22)15-28)30-16-17-4-2-1-3-5-17/h1-14H,16H2. The molecule has 0 saturated carbocycles. The molecule has 0 radical (unpaired) electrons. The van der Waals surface area contributed by atoms with Crippen LogP contribution in [0.15, 0.2) is 90.0 Å². The zero-order valence-corrected chi connectivity index (χ0v) is 18.2. The number of nitrogens with zero attached hydrogens (tertiary/aromatic N) is 2. The zero-order chi connectivity index (χ0) is 20.9. The van der Waals surface area contributed by atoms with E-state index >= 15 is 0 Å². The minimum absolute atomic E-state index is 0.566. The van der Waals surface area contributed by atoms with E-state index in [1.165, 1.54) is 5.56 Å². The Labute approximate surface area is 190 Å². The molecule has 0 aliphatic heterocycles. The first-order valence-corrected chi connectivity index (χ1v) is 11.0. The fourth-order valence-electron chi connectivity index (χ4n) is 3.09. The van der Waals surface area contributed by atoms with Crippen LogP contribution >= 0.6 is 35.0 Å². The van der Waals surface area contributed by atoms with Gasteiger partial charge in [-0.1, -0.05) is 77.8 Å². The molecule has 3 aromatic carbocycles. The molecule has 0 aliphatic carbocycles. The Morgan fingerprint density at radius 3 is 2.00 bits per heavy atom. The van der Waals surface area contributed by atoms with Gasteiger partial charge in [0.05, 0.1) is 11.3 Å². The van der Waals surface area contributed by atoms with Crippen LogP contribution in [0.2, 0.25) is 10.0 Å². The van der Waals surface area contributed by atoms with Gasteiger partial charge in [-0.25, -0.2) is 4.98 Å². The predicted octanol–water partition coefficient (Wildman–Crippen LogP) is 7.89. The predicted molar refractivity (Wildman–Crippen MR) is 126 cm³/mol. The van der Waals surface area contributed by atoms with Gasteiger partial charge in [0.15, 0.2) is 0 Å². The van der Waals surface area contributed by atoms with Crippen LogP contribution in [-0.4, -0.2) is 4.98 Å². The molecule has 0 aliphatic rings. The van der Waals surface area contributed by atoms with Crippen molar-refractivity contribution in [1.82, 2.24) is 4.98 Å². The van der Waals surface area contributed by atoms with E-state index in [1.54, 1.807) is 11.8 Å². The Morgan fingerprint density at radius 2 is 1.40 bits per heavy atom. The van der Waals surface area contributed by atoms with Crippen molar-refractivity contribution in [1.29, 1.82) is 5.26 Å². The summed E-state index contributed by atoms with van der Waals surface area (Å²) < 4.78 is 0. The summed E-state index contributed by atoms with van der Waals surface area (Å²) in [4.78, 5) is 4.83. The molecule has 0 saturated heterocycles. The van der Waals surface area contributed by atoms with Gasteiger partial charge >= 0.3 is 0 Å². The zero-order valence-electron chi connectivity index (χ0n) is 15.8. The number of benzene rings is 3. The van der Waals surface area contributed by atoms with Crippen molar-refractivity contribution in [3.8, 4) is 28.5 Å². The maximum atomic E-state index is 9.96. The number of rotatable bonds is 5. The molecule has 5 heteroatoms. The van der Waals surface area contributed by atoms with E-state index < -0.39 is 0 Å². The first-order valence-electron chi connectivity index (χ1n) is 9.28. The Morgan fingerprint density at radius 1 is 0.800 bits per heavy atom. The molecule has 4 rings (SSSR count). The second-order valence-electron chi connectivity index (χ2n) is 6.64. The Balaban J connectivity index is 1.83. The van der Waals surface area contributed by atoms with Gasteiger partial charge in [-0.3, -0.25) is 0 Å². The SMILES string of the molecule is N#Cc1c(-c2ccc(Cl)cc2)cc(-c2ccc(Cl)cc2)nc1SCc1ccccc1. The minimum Gasteiger partial charge on any atom is -0.240 e. The number of nitriles is 1. The number of halogens is 2. The number of thioether (sulfide) groups is 1. The smallest absolute Gasteiger partial charge is 0.115 e. The van der Waals surface area contributed by atoms with Crippen molar-refractivity contribution < 1.29 is 0 Å². The van der Waals surface area contributed by atoms with Gasteiger partial charge in [0.25, 0.3) is 0 Å². The summed E-state index contributed by atoms with van der Waals surface area (Å²) in [6.07, 6.45) is 0. The van der Waals surface area contributed by atoms with Gasteiger partial charge in [0, 0.05) is 26.9 Å². The number of hydrogen-bond donors (Lipinski definition) is 0. The van der Waals surface area contributed by atoms with Gasteiger partial charge in [-0.2, -0.15) is 5.26 Å². The van der Waals surface area contributed by atoms with Crippen LogP contribution < -0.4 is 0 Å². The van der Waals surface area contributed by atoms with Gasteiger partial charge in [-0.05, 0) is 41.5 Å². The van der Waals surface area contributed by atoms with Crippen molar-refractivity contribution in [2.75, 3.05) is 0 Å². The van der Waals surface area contributed by atoms with Gasteiger partial charge < -0.3 is 0 Å². The van der Waals surface area contributed by atoms with E-state index in [2.05, 4.69) is 18.2 Å². The molecule has 2 nitrogen and oxygen atoms in total. The van der Waals surface area contributed by atoms with E-state index in [0.717, 1.165) is 28.1 Å². The molecular weight excluding hydrogens is 431 g/mol. The summed E-state index contributed by atoms with van der Waals surface area (Å²) in [5.41, 5.74) is 5.25. The second kappa shape index (κ2) is 9.36. The van der Waals surface area contributed by atoms with Crippen molar-refractivity contribution in [3.05, 3.63) is 106 Å². The molecule has 0 bridgehead atoms. The van der Waals surface area contributed by atoms with E-state index in [0.29, 0.717) is 20.6 Å².